The molecular formula is C21H17N3O3S. The van der Waals surface area contributed by atoms with Crippen LogP contribution in [0.15, 0.2) is 58.5 Å². The molecule has 1 aromatic heterocycles. The molecule has 0 spiro atoms. The van der Waals surface area contributed by atoms with Gasteiger partial charge in [0.05, 0.1) is 21.8 Å². The summed E-state index contributed by atoms with van der Waals surface area (Å²) in [5.74, 6) is -0.870. The third kappa shape index (κ3) is 3.27. The molecule has 0 amide bonds. The van der Waals surface area contributed by atoms with Crippen LogP contribution in [0.25, 0.3) is 11.6 Å². The summed E-state index contributed by atoms with van der Waals surface area (Å²) in [6.45, 7) is 2.45. The zero-order valence-corrected chi connectivity index (χ0v) is 15.8. The lowest BCUT2D eigenvalue weighted by molar-refractivity contribution is 0.0697. The topological polar surface area (TPSA) is 87.2 Å². The van der Waals surface area contributed by atoms with Crippen LogP contribution in [0.5, 0.6) is 5.88 Å². The summed E-state index contributed by atoms with van der Waals surface area (Å²) < 4.78 is 1.70. The first kappa shape index (κ1) is 17.9. The zero-order chi connectivity index (χ0) is 19.7. The second-order valence-corrected chi connectivity index (χ2v) is 7.17. The minimum atomic E-state index is -1.00. The SMILES string of the molecule is CCn1c(O)c(/C=C2\C=Nc3ccccc32)sc1=Nc1cccc(C(=O)O)c1. The van der Waals surface area contributed by atoms with E-state index in [1.807, 2.05) is 37.3 Å². The highest BCUT2D eigenvalue weighted by atomic mass is 32.1. The van der Waals surface area contributed by atoms with Gasteiger partial charge in [0, 0.05) is 23.9 Å². The molecule has 28 heavy (non-hydrogen) atoms. The number of aliphatic imine (C=N–C) groups is 1. The van der Waals surface area contributed by atoms with Crippen molar-refractivity contribution < 1.29 is 15.0 Å². The first-order chi connectivity index (χ1) is 13.6. The number of hydrogen-bond donors (Lipinski definition) is 2. The molecule has 1 aliphatic heterocycles. The summed E-state index contributed by atoms with van der Waals surface area (Å²) in [4.78, 5) is 21.4. The van der Waals surface area contributed by atoms with E-state index < -0.39 is 5.97 Å². The lowest BCUT2D eigenvalue weighted by Gasteiger charge is -2.01. The van der Waals surface area contributed by atoms with E-state index in [9.17, 15) is 9.90 Å². The lowest BCUT2D eigenvalue weighted by Crippen LogP contribution is -2.12. The molecule has 6 nitrogen and oxygen atoms in total. The van der Waals surface area contributed by atoms with Crippen molar-refractivity contribution in [1.29, 1.82) is 0 Å². The van der Waals surface area contributed by atoms with Gasteiger partial charge in [0.25, 0.3) is 0 Å². The Bertz CT molecular complexity index is 1200. The van der Waals surface area contributed by atoms with Gasteiger partial charge in [-0.25, -0.2) is 9.79 Å². The van der Waals surface area contributed by atoms with E-state index in [0.29, 0.717) is 21.9 Å². The van der Waals surface area contributed by atoms with Gasteiger partial charge < -0.3 is 10.2 Å². The molecule has 2 N–H and O–H groups in total. The van der Waals surface area contributed by atoms with E-state index in [1.165, 1.54) is 23.5 Å². The van der Waals surface area contributed by atoms with Crippen LogP contribution in [-0.4, -0.2) is 27.0 Å². The number of carboxylic acids is 1. The highest BCUT2D eigenvalue weighted by Crippen LogP contribution is 2.34. The molecular weight excluding hydrogens is 374 g/mol. The van der Waals surface area contributed by atoms with Gasteiger partial charge >= 0.3 is 5.97 Å². The normalized spacial score (nSPS) is 14.6. The molecule has 4 rings (SSSR count). The van der Waals surface area contributed by atoms with Crippen LogP contribution in [0.3, 0.4) is 0 Å². The number of aromatic nitrogens is 1. The summed E-state index contributed by atoms with van der Waals surface area (Å²) >= 11 is 1.34. The molecule has 0 bridgehead atoms. The smallest absolute Gasteiger partial charge is 0.335 e. The number of fused-ring (bicyclic) bond motifs is 1. The van der Waals surface area contributed by atoms with Crippen molar-refractivity contribution in [1.82, 2.24) is 4.57 Å². The number of benzene rings is 2. The van der Waals surface area contributed by atoms with E-state index in [4.69, 9.17) is 5.11 Å². The second-order valence-electron chi connectivity index (χ2n) is 6.16. The largest absolute Gasteiger partial charge is 0.493 e. The molecule has 2 aromatic carbocycles. The van der Waals surface area contributed by atoms with Gasteiger partial charge in [0.1, 0.15) is 0 Å². The highest BCUT2D eigenvalue weighted by molar-refractivity contribution is 7.10. The van der Waals surface area contributed by atoms with E-state index >= 15 is 0 Å². The van der Waals surface area contributed by atoms with E-state index in [1.54, 1.807) is 22.9 Å². The molecule has 0 saturated heterocycles. The summed E-state index contributed by atoms with van der Waals surface area (Å²) in [6, 6.07) is 14.3. The van der Waals surface area contributed by atoms with Crippen LogP contribution >= 0.6 is 11.3 Å². The number of carbonyl (C=O) groups is 1. The predicted octanol–water partition coefficient (Wildman–Crippen LogP) is 4.46. The average molecular weight is 391 g/mol. The summed E-state index contributed by atoms with van der Waals surface area (Å²) in [5.41, 5.74) is 3.55. The number of aromatic carboxylic acids is 1. The van der Waals surface area contributed by atoms with Crippen molar-refractivity contribution >= 4 is 46.5 Å². The molecule has 0 saturated carbocycles. The monoisotopic (exact) mass is 391 g/mol. The maximum absolute atomic E-state index is 11.2. The third-order valence-corrected chi connectivity index (χ3v) is 5.40. The Hall–Kier alpha value is -3.45. The number of para-hydroxylation sites is 1. The van der Waals surface area contributed by atoms with Crippen LogP contribution in [0, 0.1) is 0 Å². The maximum Gasteiger partial charge on any atom is 0.335 e. The Labute approximate surface area is 165 Å². The number of hydrogen-bond acceptors (Lipinski definition) is 5. The van der Waals surface area contributed by atoms with Crippen LogP contribution in [-0.2, 0) is 6.54 Å². The molecule has 0 fully saturated rings. The van der Waals surface area contributed by atoms with Gasteiger partial charge in [0.15, 0.2) is 4.80 Å². The number of allylic oxidation sites excluding steroid dienone is 1. The standard InChI is InChI=1S/C21H17N3O3S/c1-2-24-19(25)18(11-14-12-22-17-9-4-3-8-16(14)17)28-21(24)23-15-7-5-6-13(10-15)20(26)27/h3-12,25H,2H2,1H3,(H,26,27)/b14-11+,23-21?. The van der Waals surface area contributed by atoms with Gasteiger partial charge in [0.2, 0.25) is 5.88 Å². The quantitative estimate of drug-likeness (QED) is 0.688. The Balaban J connectivity index is 1.80. The Morgan fingerprint density at radius 3 is 2.86 bits per heavy atom. The minimum Gasteiger partial charge on any atom is -0.493 e. The van der Waals surface area contributed by atoms with Gasteiger partial charge in [-0.1, -0.05) is 35.6 Å². The number of thiazole rings is 1. The third-order valence-electron chi connectivity index (χ3n) is 4.39. The Kier molecular flexibility index (Phi) is 4.67. The van der Waals surface area contributed by atoms with Crippen LogP contribution in [0.2, 0.25) is 0 Å². The van der Waals surface area contributed by atoms with E-state index in [0.717, 1.165) is 16.8 Å². The molecule has 7 heteroatoms. The van der Waals surface area contributed by atoms with Crippen molar-refractivity contribution in [2.45, 2.75) is 13.5 Å². The number of aromatic hydroxyl groups is 1. The highest BCUT2D eigenvalue weighted by Gasteiger charge is 2.15. The molecule has 0 unspecified atom stereocenters. The predicted molar refractivity (Wildman–Crippen MR) is 111 cm³/mol. The van der Waals surface area contributed by atoms with Crippen molar-refractivity contribution in [3.05, 3.63) is 69.3 Å². The van der Waals surface area contributed by atoms with Gasteiger partial charge in [-0.05, 0) is 37.3 Å². The molecule has 0 aliphatic carbocycles. The van der Waals surface area contributed by atoms with Crippen LogP contribution < -0.4 is 4.80 Å². The van der Waals surface area contributed by atoms with Crippen molar-refractivity contribution in [3.8, 4) is 5.88 Å². The van der Waals surface area contributed by atoms with Crippen LogP contribution in [0.1, 0.15) is 27.7 Å². The van der Waals surface area contributed by atoms with E-state index in [2.05, 4.69) is 9.98 Å². The zero-order valence-electron chi connectivity index (χ0n) is 15.0. The summed E-state index contributed by atoms with van der Waals surface area (Å²) in [6.07, 6.45) is 3.68. The molecule has 1 aliphatic rings. The average Bonchev–Trinajstić information content (AvgIpc) is 3.23. The maximum atomic E-state index is 11.2. The minimum absolute atomic E-state index is 0.130. The fourth-order valence-electron chi connectivity index (χ4n) is 3.00. The summed E-state index contributed by atoms with van der Waals surface area (Å²) in [5, 5.41) is 19.8. The molecule has 0 radical (unpaired) electrons. The lowest BCUT2D eigenvalue weighted by atomic mass is 10.1. The fourth-order valence-corrected chi connectivity index (χ4v) is 4.06. The Morgan fingerprint density at radius 1 is 1.25 bits per heavy atom. The first-order valence-electron chi connectivity index (χ1n) is 8.72. The summed E-state index contributed by atoms with van der Waals surface area (Å²) in [7, 11) is 0. The molecule has 0 atom stereocenters. The molecule has 2 heterocycles. The van der Waals surface area contributed by atoms with Crippen molar-refractivity contribution in [2.24, 2.45) is 9.98 Å². The Morgan fingerprint density at radius 2 is 2.07 bits per heavy atom. The van der Waals surface area contributed by atoms with E-state index in [-0.39, 0.29) is 11.4 Å². The molecule has 3 aromatic rings. The number of nitrogens with zero attached hydrogens (tertiary/aromatic N) is 3. The van der Waals surface area contributed by atoms with Crippen LogP contribution in [0.4, 0.5) is 11.4 Å². The van der Waals surface area contributed by atoms with Gasteiger partial charge in [-0.15, -0.1) is 0 Å². The number of rotatable bonds is 4. The van der Waals surface area contributed by atoms with Gasteiger partial charge in [-0.2, -0.15) is 0 Å². The number of carboxylic acid groups (broad SMARTS) is 1. The fraction of sp³-hybridized carbons (Fsp3) is 0.0952. The first-order valence-corrected chi connectivity index (χ1v) is 9.54. The molecule has 140 valence electrons. The van der Waals surface area contributed by atoms with Crippen molar-refractivity contribution in [3.63, 3.8) is 0 Å². The van der Waals surface area contributed by atoms with Gasteiger partial charge in [-0.3, -0.25) is 9.56 Å². The van der Waals surface area contributed by atoms with Crippen molar-refractivity contribution in [2.75, 3.05) is 0 Å². The second kappa shape index (κ2) is 7.28.